The van der Waals surface area contributed by atoms with E-state index in [1.807, 2.05) is 44.2 Å². The molecule has 0 bridgehead atoms. The normalized spacial score (nSPS) is 10.2. The van der Waals surface area contributed by atoms with Crippen molar-refractivity contribution in [1.82, 2.24) is 16.2 Å². The number of carbonyl (C=O) groups is 3. The maximum atomic E-state index is 12.3. The molecule has 0 aliphatic carbocycles. The van der Waals surface area contributed by atoms with Gasteiger partial charge in [0.1, 0.15) is 5.75 Å². The summed E-state index contributed by atoms with van der Waals surface area (Å²) in [6.45, 7) is 4.13. The number of para-hydroxylation sites is 1. The van der Waals surface area contributed by atoms with E-state index in [0.29, 0.717) is 17.9 Å². The smallest absolute Gasteiger partial charge is 0.273 e. The van der Waals surface area contributed by atoms with Crippen LogP contribution in [0.3, 0.4) is 0 Å². The van der Waals surface area contributed by atoms with Crippen LogP contribution in [0.25, 0.3) is 0 Å². The predicted octanol–water partition coefficient (Wildman–Crippen LogP) is 2.33. The van der Waals surface area contributed by atoms with Crippen molar-refractivity contribution < 1.29 is 19.1 Å². The monoisotopic (exact) mass is 383 g/mol. The van der Waals surface area contributed by atoms with Gasteiger partial charge in [-0.2, -0.15) is 0 Å². The van der Waals surface area contributed by atoms with Gasteiger partial charge in [0.15, 0.2) is 0 Å². The van der Waals surface area contributed by atoms with Crippen LogP contribution < -0.4 is 20.9 Å². The van der Waals surface area contributed by atoms with E-state index < -0.39 is 11.8 Å². The number of nitrogens with one attached hydrogen (secondary N) is 3. The van der Waals surface area contributed by atoms with Crippen molar-refractivity contribution in [2.75, 3.05) is 0 Å². The molecule has 0 fully saturated rings. The molecule has 148 valence electrons. The molecule has 28 heavy (non-hydrogen) atoms. The van der Waals surface area contributed by atoms with Gasteiger partial charge in [0.2, 0.25) is 11.8 Å². The summed E-state index contributed by atoms with van der Waals surface area (Å²) in [5.41, 5.74) is 5.96. The van der Waals surface area contributed by atoms with E-state index in [4.69, 9.17) is 4.74 Å². The van der Waals surface area contributed by atoms with Crippen molar-refractivity contribution in [3.8, 4) is 5.75 Å². The van der Waals surface area contributed by atoms with Gasteiger partial charge in [-0.1, -0.05) is 42.5 Å². The number of amides is 3. The molecule has 2 rings (SSSR count). The van der Waals surface area contributed by atoms with Crippen molar-refractivity contribution >= 4 is 17.7 Å². The Labute approximate surface area is 164 Å². The largest absolute Gasteiger partial charge is 0.490 e. The van der Waals surface area contributed by atoms with Crippen molar-refractivity contribution in [3.63, 3.8) is 0 Å². The third-order valence-corrected chi connectivity index (χ3v) is 3.72. The zero-order valence-corrected chi connectivity index (χ0v) is 16.0. The third kappa shape index (κ3) is 7.11. The van der Waals surface area contributed by atoms with Crippen LogP contribution in [-0.4, -0.2) is 23.8 Å². The topological polar surface area (TPSA) is 96.5 Å². The van der Waals surface area contributed by atoms with Crippen LogP contribution in [-0.2, 0) is 16.1 Å². The summed E-state index contributed by atoms with van der Waals surface area (Å²) in [6, 6.07) is 16.3. The molecule has 0 aliphatic rings. The number of hydrazine groups is 1. The Morgan fingerprint density at radius 3 is 2.21 bits per heavy atom. The van der Waals surface area contributed by atoms with E-state index in [0.717, 1.165) is 5.56 Å². The van der Waals surface area contributed by atoms with E-state index in [1.54, 1.807) is 24.3 Å². The van der Waals surface area contributed by atoms with Gasteiger partial charge in [-0.25, -0.2) is 0 Å². The second-order valence-electron chi connectivity index (χ2n) is 6.43. The fourth-order valence-electron chi connectivity index (χ4n) is 2.38. The first-order valence-electron chi connectivity index (χ1n) is 9.11. The number of benzene rings is 2. The Balaban J connectivity index is 1.73. The minimum absolute atomic E-state index is 0.0294. The minimum Gasteiger partial charge on any atom is -0.490 e. The SMILES string of the molecule is CC(C)Oc1ccccc1C(=O)NNC(=O)CCC(=O)NCc1ccccc1. The highest BCUT2D eigenvalue weighted by atomic mass is 16.5. The maximum absolute atomic E-state index is 12.3. The first kappa shape index (κ1) is 21.0. The lowest BCUT2D eigenvalue weighted by molar-refractivity contribution is -0.126. The van der Waals surface area contributed by atoms with E-state index in [9.17, 15) is 14.4 Å². The number of hydrogen-bond donors (Lipinski definition) is 3. The lowest BCUT2D eigenvalue weighted by Gasteiger charge is -2.14. The summed E-state index contributed by atoms with van der Waals surface area (Å²) >= 11 is 0. The van der Waals surface area contributed by atoms with E-state index >= 15 is 0 Å². The molecule has 0 atom stereocenters. The molecule has 0 saturated carbocycles. The molecular weight excluding hydrogens is 358 g/mol. The molecule has 0 spiro atoms. The molecule has 2 aromatic carbocycles. The van der Waals surface area contributed by atoms with Crippen LogP contribution in [0.15, 0.2) is 54.6 Å². The molecule has 3 N–H and O–H groups in total. The van der Waals surface area contributed by atoms with E-state index in [2.05, 4.69) is 16.2 Å². The third-order valence-electron chi connectivity index (χ3n) is 3.72. The maximum Gasteiger partial charge on any atom is 0.273 e. The summed E-state index contributed by atoms with van der Waals surface area (Å²) in [6.07, 6.45) is -0.0926. The highest BCUT2D eigenvalue weighted by molar-refractivity contribution is 5.98. The standard InChI is InChI=1S/C21H25N3O4/c1-15(2)28-18-11-7-6-10-17(18)21(27)24-23-20(26)13-12-19(25)22-14-16-8-4-3-5-9-16/h3-11,15H,12-14H2,1-2H3,(H,22,25)(H,23,26)(H,24,27). The fourth-order valence-corrected chi connectivity index (χ4v) is 2.38. The molecule has 0 heterocycles. The van der Waals surface area contributed by atoms with Gasteiger partial charge in [-0.3, -0.25) is 25.2 Å². The average molecular weight is 383 g/mol. The summed E-state index contributed by atoms with van der Waals surface area (Å²) in [5.74, 6) is -0.742. The summed E-state index contributed by atoms with van der Waals surface area (Å²) in [5, 5.41) is 2.75. The fraction of sp³-hybridized carbons (Fsp3) is 0.286. The quantitative estimate of drug-likeness (QED) is 0.610. The van der Waals surface area contributed by atoms with Crippen LogP contribution in [0, 0.1) is 0 Å². The molecule has 3 amide bonds. The summed E-state index contributed by atoms with van der Waals surface area (Å²) in [4.78, 5) is 36.0. The summed E-state index contributed by atoms with van der Waals surface area (Å²) < 4.78 is 5.59. The molecule has 2 aromatic rings. The molecule has 7 nitrogen and oxygen atoms in total. The van der Waals surface area contributed by atoms with Gasteiger partial charge in [0.25, 0.3) is 5.91 Å². The van der Waals surface area contributed by atoms with Gasteiger partial charge in [-0.15, -0.1) is 0 Å². The zero-order valence-electron chi connectivity index (χ0n) is 16.0. The van der Waals surface area contributed by atoms with Crippen molar-refractivity contribution in [3.05, 3.63) is 65.7 Å². The van der Waals surface area contributed by atoms with Gasteiger partial charge in [0, 0.05) is 19.4 Å². The highest BCUT2D eigenvalue weighted by Gasteiger charge is 2.14. The predicted molar refractivity (Wildman–Crippen MR) is 105 cm³/mol. The minimum atomic E-state index is -0.488. The molecule has 0 aromatic heterocycles. The molecule has 0 saturated heterocycles. The molecule has 0 radical (unpaired) electrons. The number of hydrogen-bond acceptors (Lipinski definition) is 4. The first-order valence-corrected chi connectivity index (χ1v) is 9.11. The lowest BCUT2D eigenvalue weighted by Crippen LogP contribution is -2.42. The number of rotatable bonds is 8. The first-order chi connectivity index (χ1) is 13.5. The van der Waals surface area contributed by atoms with Crippen LogP contribution >= 0.6 is 0 Å². The van der Waals surface area contributed by atoms with Gasteiger partial charge >= 0.3 is 0 Å². The molecule has 7 heteroatoms. The van der Waals surface area contributed by atoms with Crippen LogP contribution in [0.1, 0.15) is 42.6 Å². The molecular formula is C21H25N3O4. The average Bonchev–Trinajstić information content (AvgIpc) is 2.69. The Hall–Kier alpha value is -3.35. The van der Waals surface area contributed by atoms with Crippen LogP contribution in [0.4, 0.5) is 0 Å². The Morgan fingerprint density at radius 2 is 1.50 bits per heavy atom. The van der Waals surface area contributed by atoms with Crippen molar-refractivity contribution in [1.29, 1.82) is 0 Å². The van der Waals surface area contributed by atoms with Gasteiger partial charge in [-0.05, 0) is 31.5 Å². The van der Waals surface area contributed by atoms with Crippen molar-refractivity contribution in [2.45, 2.75) is 39.3 Å². The molecule has 0 unspecified atom stereocenters. The Morgan fingerprint density at radius 1 is 0.857 bits per heavy atom. The van der Waals surface area contributed by atoms with E-state index in [1.165, 1.54) is 0 Å². The lowest BCUT2D eigenvalue weighted by atomic mass is 10.2. The second kappa shape index (κ2) is 10.7. The van der Waals surface area contributed by atoms with E-state index in [-0.39, 0.29) is 24.9 Å². The second-order valence-corrected chi connectivity index (χ2v) is 6.43. The van der Waals surface area contributed by atoms with Crippen LogP contribution in [0.5, 0.6) is 5.75 Å². The molecule has 0 aliphatic heterocycles. The number of ether oxygens (including phenoxy) is 1. The Kier molecular flexibility index (Phi) is 8.02. The van der Waals surface area contributed by atoms with Crippen molar-refractivity contribution in [2.24, 2.45) is 0 Å². The summed E-state index contributed by atoms with van der Waals surface area (Å²) in [7, 11) is 0. The number of carbonyl (C=O) groups excluding carboxylic acids is 3. The zero-order chi connectivity index (χ0) is 20.4. The highest BCUT2D eigenvalue weighted by Crippen LogP contribution is 2.18. The Bertz CT molecular complexity index is 806. The van der Waals surface area contributed by atoms with Crippen LogP contribution in [0.2, 0.25) is 0 Å². The van der Waals surface area contributed by atoms with Gasteiger partial charge < -0.3 is 10.1 Å². The van der Waals surface area contributed by atoms with Gasteiger partial charge in [0.05, 0.1) is 11.7 Å².